The van der Waals surface area contributed by atoms with Crippen molar-refractivity contribution in [2.45, 2.75) is 19.3 Å². The summed E-state index contributed by atoms with van der Waals surface area (Å²) in [5.74, 6) is 0. The molecule has 0 unspecified atom stereocenters. The van der Waals surface area contributed by atoms with Gasteiger partial charge in [0, 0.05) is 6.54 Å². The third-order valence-corrected chi connectivity index (χ3v) is 3.38. The van der Waals surface area contributed by atoms with Crippen LogP contribution in [-0.2, 0) is 6.42 Å². The summed E-state index contributed by atoms with van der Waals surface area (Å²) in [5, 5.41) is 20.9. The van der Waals surface area contributed by atoms with Gasteiger partial charge >= 0.3 is 0 Å². The van der Waals surface area contributed by atoms with Crippen molar-refractivity contribution >= 4 is 11.4 Å². The molecule has 102 valence electrons. The lowest BCUT2D eigenvalue weighted by Gasteiger charge is -2.14. The number of nitrogens with one attached hydrogen (secondary N) is 1. The van der Waals surface area contributed by atoms with Crippen molar-refractivity contribution in [1.82, 2.24) is 4.90 Å². The first kappa shape index (κ1) is 14.0. The second kappa shape index (κ2) is 7.28. The maximum absolute atomic E-state index is 8.57. The fourth-order valence-corrected chi connectivity index (χ4v) is 2.23. The van der Waals surface area contributed by atoms with Crippen LogP contribution in [0.3, 0.4) is 0 Å². The molecule has 20 heavy (non-hydrogen) atoms. The smallest absolute Gasteiger partial charge is 0.237 e. The fourth-order valence-electron chi connectivity index (χ4n) is 2.23. The third-order valence-electron chi connectivity index (χ3n) is 3.38. The zero-order chi connectivity index (χ0) is 14.2. The van der Waals surface area contributed by atoms with Crippen LogP contribution in [0.5, 0.6) is 0 Å². The van der Waals surface area contributed by atoms with E-state index in [1.165, 1.54) is 31.5 Å². The zero-order valence-electron chi connectivity index (χ0n) is 11.3. The number of hydrogen-bond acceptors (Lipinski definition) is 5. The Morgan fingerprint density at radius 2 is 1.80 bits per heavy atom. The average molecular weight is 267 g/mol. The molecule has 1 fully saturated rings. The highest BCUT2D eigenvalue weighted by atomic mass is 15.3. The summed E-state index contributed by atoms with van der Waals surface area (Å²) in [6, 6.07) is 11.3. The number of nitriles is 2. The van der Waals surface area contributed by atoms with Gasteiger partial charge in [0.25, 0.3) is 0 Å². The highest BCUT2D eigenvalue weighted by Gasteiger charge is 2.10. The number of rotatable bonds is 5. The fraction of sp³-hybridized carbons (Fsp3) is 0.400. The standard InChI is InChI=1S/C15H17N5/c16-11-15(12-17)19-18-14-5-3-13(4-6-14)7-10-20-8-1-2-9-20/h3-6,18H,1-2,7-10H2. The lowest BCUT2D eigenvalue weighted by Crippen LogP contribution is -2.21. The predicted molar refractivity (Wildman–Crippen MR) is 78.1 cm³/mol. The molecule has 1 aliphatic rings. The minimum Gasteiger partial charge on any atom is -0.303 e. The minimum atomic E-state index is -0.178. The molecular weight excluding hydrogens is 250 g/mol. The van der Waals surface area contributed by atoms with Crippen molar-refractivity contribution in [2.75, 3.05) is 25.1 Å². The molecule has 5 heteroatoms. The van der Waals surface area contributed by atoms with Gasteiger partial charge in [-0.1, -0.05) is 12.1 Å². The Morgan fingerprint density at radius 1 is 1.15 bits per heavy atom. The molecule has 5 nitrogen and oxygen atoms in total. The van der Waals surface area contributed by atoms with Crippen LogP contribution in [-0.4, -0.2) is 30.2 Å². The minimum absolute atomic E-state index is 0.178. The number of likely N-dealkylation sites (tertiary alicyclic amines) is 1. The first-order chi connectivity index (χ1) is 9.81. The van der Waals surface area contributed by atoms with Gasteiger partial charge in [-0.15, -0.1) is 0 Å². The van der Waals surface area contributed by atoms with Crippen molar-refractivity contribution in [3.05, 3.63) is 29.8 Å². The molecule has 0 atom stereocenters. The summed E-state index contributed by atoms with van der Waals surface area (Å²) < 4.78 is 0. The average Bonchev–Trinajstić information content (AvgIpc) is 3.01. The SMILES string of the molecule is N#CC(C#N)=NNc1ccc(CCN2CCCC2)cc1. The van der Waals surface area contributed by atoms with Crippen LogP contribution in [0.2, 0.25) is 0 Å². The molecule has 0 aromatic heterocycles. The molecule has 1 aliphatic heterocycles. The number of nitrogens with zero attached hydrogens (tertiary/aromatic N) is 4. The van der Waals surface area contributed by atoms with Gasteiger partial charge in [-0.3, -0.25) is 5.43 Å². The Kier molecular flexibility index (Phi) is 5.11. The van der Waals surface area contributed by atoms with E-state index in [0.29, 0.717) is 0 Å². The van der Waals surface area contributed by atoms with E-state index in [2.05, 4.69) is 15.4 Å². The first-order valence-electron chi connectivity index (χ1n) is 6.77. The predicted octanol–water partition coefficient (Wildman–Crippen LogP) is 2.14. The molecule has 2 rings (SSSR count). The van der Waals surface area contributed by atoms with Gasteiger partial charge in [0.15, 0.2) is 0 Å². The Bertz CT molecular complexity index is 525. The van der Waals surface area contributed by atoms with Crippen LogP contribution in [0.4, 0.5) is 5.69 Å². The van der Waals surface area contributed by atoms with Crippen LogP contribution < -0.4 is 5.43 Å². The van der Waals surface area contributed by atoms with E-state index in [9.17, 15) is 0 Å². The molecule has 0 amide bonds. The molecule has 1 saturated heterocycles. The normalized spacial score (nSPS) is 14.3. The van der Waals surface area contributed by atoms with Crippen LogP contribution >= 0.6 is 0 Å². The van der Waals surface area contributed by atoms with Gasteiger partial charge in [0.1, 0.15) is 12.1 Å². The van der Waals surface area contributed by atoms with Crippen molar-refractivity contribution < 1.29 is 0 Å². The van der Waals surface area contributed by atoms with Crippen LogP contribution in [0.25, 0.3) is 0 Å². The molecule has 1 aromatic carbocycles. The molecule has 1 heterocycles. The first-order valence-corrected chi connectivity index (χ1v) is 6.77. The van der Waals surface area contributed by atoms with Gasteiger partial charge in [0.2, 0.25) is 5.71 Å². The second-order valence-corrected chi connectivity index (χ2v) is 4.79. The molecule has 0 saturated carbocycles. The van der Waals surface area contributed by atoms with Gasteiger partial charge in [-0.2, -0.15) is 15.6 Å². The van der Waals surface area contributed by atoms with Crippen LogP contribution in [0.1, 0.15) is 18.4 Å². The Morgan fingerprint density at radius 3 is 2.40 bits per heavy atom. The maximum atomic E-state index is 8.57. The molecule has 1 N–H and O–H groups in total. The van der Waals surface area contributed by atoms with Gasteiger partial charge in [0.05, 0.1) is 5.69 Å². The molecule has 0 bridgehead atoms. The van der Waals surface area contributed by atoms with E-state index in [1.54, 1.807) is 12.1 Å². The van der Waals surface area contributed by atoms with Gasteiger partial charge < -0.3 is 4.90 Å². The molecule has 0 spiro atoms. The Hall–Kier alpha value is -2.37. The summed E-state index contributed by atoms with van der Waals surface area (Å²) in [5.41, 5.74) is 4.59. The topological polar surface area (TPSA) is 75.2 Å². The lowest BCUT2D eigenvalue weighted by molar-refractivity contribution is 0.343. The molecule has 1 aromatic rings. The van der Waals surface area contributed by atoms with Gasteiger partial charge in [-0.25, -0.2) is 0 Å². The van der Waals surface area contributed by atoms with Crippen molar-refractivity contribution in [3.8, 4) is 12.1 Å². The van der Waals surface area contributed by atoms with E-state index >= 15 is 0 Å². The van der Waals surface area contributed by atoms with E-state index in [1.807, 2.05) is 24.3 Å². The number of anilines is 1. The van der Waals surface area contributed by atoms with E-state index in [4.69, 9.17) is 10.5 Å². The highest BCUT2D eigenvalue weighted by molar-refractivity contribution is 6.10. The Labute approximate surface area is 119 Å². The summed E-state index contributed by atoms with van der Waals surface area (Å²) >= 11 is 0. The van der Waals surface area contributed by atoms with Crippen molar-refractivity contribution in [1.29, 1.82) is 10.5 Å². The zero-order valence-corrected chi connectivity index (χ0v) is 11.3. The number of hydrogen-bond donors (Lipinski definition) is 1. The maximum Gasteiger partial charge on any atom is 0.237 e. The van der Waals surface area contributed by atoms with Gasteiger partial charge in [-0.05, 0) is 50.0 Å². The lowest BCUT2D eigenvalue weighted by atomic mass is 10.1. The van der Waals surface area contributed by atoms with E-state index in [0.717, 1.165) is 18.7 Å². The molecular formula is C15H17N5. The summed E-state index contributed by atoms with van der Waals surface area (Å²) in [6.07, 6.45) is 3.69. The van der Waals surface area contributed by atoms with E-state index in [-0.39, 0.29) is 5.71 Å². The van der Waals surface area contributed by atoms with Crippen molar-refractivity contribution in [3.63, 3.8) is 0 Å². The second-order valence-electron chi connectivity index (χ2n) is 4.79. The highest BCUT2D eigenvalue weighted by Crippen LogP contribution is 2.12. The third kappa shape index (κ3) is 4.08. The van der Waals surface area contributed by atoms with Crippen LogP contribution in [0.15, 0.2) is 29.4 Å². The molecule has 0 aliphatic carbocycles. The molecule has 0 radical (unpaired) electrons. The Balaban J connectivity index is 1.85. The summed E-state index contributed by atoms with van der Waals surface area (Å²) in [7, 11) is 0. The largest absolute Gasteiger partial charge is 0.303 e. The number of benzene rings is 1. The van der Waals surface area contributed by atoms with E-state index < -0.39 is 0 Å². The van der Waals surface area contributed by atoms with Crippen LogP contribution in [0, 0.1) is 22.7 Å². The summed E-state index contributed by atoms with van der Waals surface area (Å²) in [6.45, 7) is 3.55. The monoisotopic (exact) mass is 267 g/mol. The summed E-state index contributed by atoms with van der Waals surface area (Å²) in [4.78, 5) is 2.49. The number of hydrazone groups is 1. The van der Waals surface area contributed by atoms with Crippen molar-refractivity contribution in [2.24, 2.45) is 5.10 Å². The quantitative estimate of drug-likeness (QED) is 0.655.